The Morgan fingerprint density at radius 1 is 1.25 bits per heavy atom. The van der Waals surface area contributed by atoms with Crippen molar-refractivity contribution in [3.8, 4) is 0 Å². The topological polar surface area (TPSA) is 89.0 Å². The lowest BCUT2D eigenvalue weighted by Gasteiger charge is -2.10. The summed E-state index contributed by atoms with van der Waals surface area (Å²) in [5.41, 5.74) is -0.357. The fourth-order valence-electron chi connectivity index (χ4n) is 2.64. The lowest BCUT2D eigenvalue weighted by atomic mass is 10.1. The Labute approximate surface area is 115 Å². The van der Waals surface area contributed by atoms with E-state index in [0.717, 1.165) is 4.57 Å². The third-order valence-electron chi connectivity index (χ3n) is 3.66. The van der Waals surface area contributed by atoms with Gasteiger partial charge in [-0.25, -0.2) is 13.2 Å². The molecule has 1 fully saturated rings. The van der Waals surface area contributed by atoms with E-state index in [2.05, 4.69) is 4.98 Å². The molecule has 20 heavy (non-hydrogen) atoms. The van der Waals surface area contributed by atoms with Gasteiger partial charge in [-0.15, -0.1) is 0 Å². The second kappa shape index (κ2) is 4.59. The van der Waals surface area contributed by atoms with Gasteiger partial charge in [0, 0.05) is 6.54 Å². The zero-order valence-electron chi connectivity index (χ0n) is 10.7. The van der Waals surface area contributed by atoms with E-state index in [1.165, 1.54) is 0 Å². The van der Waals surface area contributed by atoms with Crippen LogP contribution in [0.15, 0.2) is 33.9 Å². The number of aromatic amines is 1. The number of hydrogen-bond acceptors (Lipinski definition) is 4. The van der Waals surface area contributed by atoms with Gasteiger partial charge in [0.25, 0.3) is 5.56 Å². The number of H-pyrrole nitrogens is 1. The number of rotatable bonds is 2. The number of hydrogen-bond donors (Lipinski definition) is 1. The molecule has 6 nitrogen and oxygen atoms in total. The Morgan fingerprint density at radius 3 is 2.70 bits per heavy atom. The Balaban J connectivity index is 2.04. The minimum atomic E-state index is -3.01. The van der Waals surface area contributed by atoms with Crippen LogP contribution in [0, 0.1) is 5.92 Å². The molecule has 1 N–H and O–H groups in total. The first-order valence-electron chi connectivity index (χ1n) is 6.38. The van der Waals surface area contributed by atoms with E-state index < -0.39 is 15.5 Å². The minimum Gasteiger partial charge on any atom is -0.307 e. The second-order valence-electron chi connectivity index (χ2n) is 5.16. The number of aromatic nitrogens is 2. The van der Waals surface area contributed by atoms with E-state index in [-0.39, 0.29) is 29.5 Å². The van der Waals surface area contributed by atoms with Gasteiger partial charge in [0.1, 0.15) is 0 Å². The number of sulfone groups is 1. The lowest BCUT2D eigenvalue weighted by Crippen LogP contribution is -2.37. The van der Waals surface area contributed by atoms with Gasteiger partial charge in [0.15, 0.2) is 9.84 Å². The summed E-state index contributed by atoms with van der Waals surface area (Å²) in [4.78, 5) is 26.9. The van der Waals surface area contributed by atoms with Crippen LogP contribution in [0.1, 0.15) is 6.42 Å². The summed E-state index contributed by atoms with van der Waals surface area (Å²) in [6, 6.07) is 6.79. The molecule has 1 aromatic heterocycles. The average Bonchev–Trinajstić information content (AvgIpc) is 2.74. The van der Waals surface area contributed by atoms with E-state index in [1.54, 1.807) is 24.3 Å². The van der Waals surface area contributed by atoms with Crippen molar-refractivity contribution in [3.63, 3.8) is 0 Å². The van der Waals surface area contributed by atoms with Gasteiger partial charge >= 0.3 is 5.69 Å². The van der Waals surface area contributed by atoms with E-state index in [0.29, 0.717) is 17.3 Å². The molecule has 2 aromatic rings. The Kier molecular flexibility index (Phi) is 3.01. The zero-order chi connectivity index (χ0) is 14.3. The van der Waals surface area contributed by atoms with Gasteiger partial charge in [-0.05, 0) is 24.5 Å². The molecule has 1 aliphatic heterocycles. The van der Waals surface area contributed by atoms with E-state index in [4.69, 9.17) is 0 Å². The summed E-state index contributed by atoms with van der Waals surface area (Å²) in [6.07, 6.45) is 0.501. The van der Waals surface area contributed by atoms with Gasteiger partial charge in [-0.2, -0.15) is 0 Å². The molecule has 106 valence electrons. The number of benzene rings is 1. The van der Waals surface area contributed by atoms with Crippen molar-refractivity contribution in [2.75, 3.05) is 11.5 Å². The van der Waals surface area contributed by atoms with Gasteiger partial charge in [-0.1, -0.05) is 12.1 Å². The molecule has 0 saturated carbocycles. The molecule has 1 saturated heterocycles. The number of para-hydroxylation sites is 1. The lowest BCUT2D eigenvalue weighted by molar-refractivity contribution is 0.468. The van der Waals surface area contributed by atoms with Crippen LogP contribution in [0.25, 0.3) is 10.9 Å². The smallest absolute Gasteiger partial charge is 0.307 e. The van der Waals surface area contributed by atoms with E-state index >= 15 is 0 Å². The van der Waals surface area contributed by atoms with Crippen molar-refractivity contribution in [1.29, 1.82) is 0 Å². The molecular formula is C13H14N2O4S. The average molecular weight is 294 g/mol. The first kappa shape index (κ1) is 13.1. The Hall–Kier alpha value is -1.89. The van der Waals surface area contributed by atoms with Gasteiger partial charge < -0.3 is 4.98 Å². The molecule has 1 aliphatic rings. The van der Waals surface area contributed by atoms with Crippen LogP contribution in [0.5, 0.6) is 0 Å². The standard InChI is InChI=1S/C13H14N2O4S/c16-12-10-3-1-2-4-11(10)14-13(17)15(12)7-9-5-6-20(18,19)8-9/h1-4,9H,5-8H2,(H,14,17). The molecule has 3 rings (SSSR count). The highest BCUT2D eigenvalue weighted by Crippen LogP contribution is 2.19. The Bertz CT molecular complexity index is 879. The SMILES string of the molecule is O=c1[nH]c2ccccc2c(=O)n1CC1CCS(=O)(=O)C1. The predicted molar refractivity (Wildman–Crippen MR) is 75.6 cm³/mol. The maximum atomic E-state index is 12.3. The third-order valence-corrected chi connectivity index (χ3v) is 5.49. The second-order valence-corrected chi connectivity index (χ2v) is 7.39. The number of nitrogens with zero attached hydrogens (tertiary/aromatic N) is 1. The van der Waals surface area contributed by atoms with Crippen LogP contribution in [0.4, 0.5) is 0 Å². The minimum absolute atomic E-state index is 0.0473. The normalized spacial score (nSPS) is 21.3. The summed E-state index contributed by atoms with van der Waals surface area (Å²) < 4.78 is 24.0. The van der Waals surface area contributed by atoms with Crippen molar-refractivity contribution in [2.24, 2.45) is 5.92 Å². The molecule has 2 heterocycles. The maximum absolute atomic E-state index is 12.3. The summed E-state index contributed by atoms with van der Waals surface area (Å²) in [5, 5.41) is 0.438. The number of nitrogens with one attached hydrogen (secondary N) is 1. The largest absolute Gasteiger partial charge is 0.328 e. The van der Waals surface area contributed by atoms with Crippen LogP contribution in [0.2, 0.25) is 0 Å². The molecular weight excluding hydrogens is 280 g/mol. The molecule has 0 spiro atoms. The van der Waals surface area contributed by atoms with Crippen LogP contribution < -0.4 is 11.2 Å². The summed E-state index contributed by atoms with van der Waals surface area (Å²) in [7, 11) is -3.01. The van der Waals surface area contributed by atoms with Crippen molar-refractivity contribution in [3.05, 3.63) is 45.1 Å². The predicted octanol–water partition coefficient (Wildman–Crippen LogP) is 0.125. The van der Waals surface area contributed by atoms with Gasteiger partial charge in [0.2, 0.25) is 0 Å². The van der Waals surface area contributed by atoms with Crippen molar-refractivity contribution in [2.45, 2.75) is 13.0 Å². The van der Waals surface area contributed by atoms with E-state index in [1.807, 2.05) is 0 Å². The summed E-state index contributed by atoms with van der Waals surface area (Å²) >= 11 is 0. The third kappa shape index (κ3) is 2.29. The van der Waals surface area contributed by atoms with Crippen LogP contribution in [0.3, 0.4) is 0 Å². The molecule has 1 aromatic carbocycles. The first-order valence-corrected chi connectivity index (χ1v) is 8.21. The first-order chi connectivity index (χ1) is 9.46. The highest BCUT2D eigenvalue weighted by atomic mass is 32.2. The quantitative estimate of drug-likeness (QED) is 0.852. The van der Waals surface area contributed by atoms with Gasteiger partial charge in [-0.3, -0.25) is 9.36 Å². The van der Waals surface area contributed by atoms with Crippen molar-refractivity contribution >= 4 is 20.7 Å². The molecule has 1 unspecified atom stereocenters. The van der Waals surface area contributed by atoms with Crippen LogP contribution in [-0.4, -0.2) is 29.5 Å². The van der Waals surface area contributed by atoms with Crippen LogP contribution >= 0.6 is 0 Å². The molecule has 0 bridgehead atoms. The summed E-state index contributed by atoms with van der Waals surface area (Å²) in [6.45, 7) is 0.151. The molecule has 0 radical (unpaired) electrons. The highest BCUT2D eigenvalue weighted by molar-refractivity contribution is 7.91. The fraction of sp³-hybridized carbons (Fsp3) is 0.385. The number of fused-ring (bicyclic) bond motifs is 1. The fourth-order valence-corrected chi connectivity index (χ4v) is 4.49. The molecule has 7 heteroatoms. The van der Waals surface area contributed by atoms with E-state index in [9.17, 15) is 18.0 Å². The Morgan fingerprint density at radius 2 is 2.00 bits per heavy atom. The molecule has 1 atom stereocenters. The molecule has 0 amide bonds. The highest BCUT2D eigenvalue weighted by Gasteiger charge is 2.28. The van der Waals surface area contributed by atoms with Crippen molar-refractivity contribution in [1.82, 2.24) is 9.55 Å². The monoisotopic (exact) mass is 294 g/mol. The maximum Gasteiger partial charge on any atom is 0.328 e. The zero-order valence-corrected chi connectivity index (χ0v) is 11.5. The van der Waals surface area contributed by atoms with Crippen LogP contribution in [-0.2, 0) is 16.4 Å². The van der Waals surface area contributed by atoms with Crippen molar-refractivity contribution < 1.29 is 8.42 Å². The van der Waals surface area contributed by atoms with Gasteiger partial charge in [0.05, 0.1) is 22.4 Å². The molecule has 0 aliphatic carbocycles. The summed E-state index contributed by atoms with van der Waals surface area (Å²) in [5.74, 6) is 0.0174.